The lowest BCUT2D eigenvalue weighted by Gasteiger charge is -2.15. The molecule has 1 aromatic carbocycles. The van der Waals surface area contributed by atoms with Crippen LogP contribution in [0.4, 0.5) is 0 Å². The summed E-state index contributed by atoms with van der Waals surface area (Å²) in [6.45, 7) is 7.19. The molecule has 4 heteroatoms. The average molecular weight is 264 g/mol. The second-order valence-corrected chi connectivity index (χ2v) is 4.95. The predicted molar refractivity (Wildman–Crippen MR) is 77.0 cm³/mol. The van der Waals surface area contributed by atoms with Crippen LogP contribution in [0.3, 0.4) is 0 Å². The van der Waals surface area contributed by atoms with Crippen molar-refractivity contribution in [3.63, 3.8) is 0 Å². The van der Waals surface area contributed by atoms with Crippen molar-refractivity contribution in [2.24, 2.45) is 5.73 Å². The molecule has 1 aromatic rings. The maximum absolute atomic E-state index is 11.6. The van der Waals surface area contributed by atoms with E-state index >= 15 is 0 Å². The molecule has 0 aliphatic heterocycles. The SMILES string of the molecule is CC(C)c1ccc(C(C)NC(=O)COCCN)cc1. The first-order valence-corrected chi connectivity index (χ1v) is 6.71. The summed E-state index contributed by atoms with van der Waals surface area (Å²) in [5.74, 6) is 0.400. The fraction of sp³-hybridized carbons (Fsp3) is 0.533. The molecule has 0 aliphatic rings. The van der Waals surface area contributed by atoms with Crippen LogP contribution in [0.2, 0.25) is 0 Å². The van der Waals surface area contributed by atoms with Gasteiger partial charge >= 0.3 is 0 Å². The summed E-state index contributed by atoms with van der Waals surface area (Å²) in [4.78, 5) is 11.6. The lowest BCUT2D eigenvalue weighted by Crippen LogP contribution is -2.30. The van der Waals surface area contributed by atoms with Crippen LogP contribution in [-0.4, -0.2) is 25.7 Å². The minimum absolute atomic E-state index is 0.0183. The van der Waals surface area contributed by atoms with E-state index in [-0.39, 0.29) is 18.6 Å². The molecule has 0 fully saturated rings. The summed E-state index contributed by atoms with van der Waals surface area (Å²) in [6.07, 6.45) is 0. The number of nitrogens with one attached hydrogen (secondary N) is 1. The standard InChI is InChI=1S/C15H24N2O2/c1-11(2)13-4-6-14(7-5-13)12(3)17-15(18)10-19-9-8-16/h4-7,11-12H,8-10,16H2,1-3H3,(H,17,18). The Morgan fingerprint density at radius 2 is 1.79 bits per heavy atom. The van der Waals surface area contributed by atoms with Crippen LogP contribution in [0, 0.1) is 0 Å². The summed E-state index contributed by atoms with van der Waals surface area (Å²) in [5, 5.41) is 2.90. The third-order valence-corrected chi connectivity index (χ3v) is 2.98. The van der Waals surface area contributed by atoms with Crippen molar-refractivity contribution in [3.8, 4) is 0 Å². The number of benzene rings is 1. The van der Waals surface area contributed by atoms with Crippen molar-refractivity contribution in [3.05, 3.63) is 35.4 Å². The van der Waals surface area contributed by atoms with Gasteiger partial charge in [-0.05, 0) is 24.0 Å². The van der Waals surface area contributed by atoms with Crippen molar-refractivity contribution in [1.82, 2.24) is 5.32 Å². The van der Waals surface area contributed by atoms with E-state index in [1.165, 1.54) is 5.56 Å². The summed E-state index contributed by atoms with van der Waals surface area (Å²) in [6, 6.07) is 8.30. The van der Waals surface area contributed by atoms with Crippen LogP contribution < -0.4 is 11.1 Å². The number of hydrogen-bond acceptors (Lipinski definition) is 3. The molecular weight excluding hydrogens is 240 g/mol. The molecule has 1 amide bonds. The highest BCUT2D eigenvalue weighted by atomic mass is 16.5. The zero-order valence-corrected chi connectivity index (χ0v) is 12.0. The van der Waals surface area contributed by atoms with E-state index in [0.717, 1.165) is 5.56 Å². The Morgan fingerprint density at radius 1 is 1.21 bits per heavy atom. The molecule has 1 atom stereocenters. The molecule has 4 nitrogen and oxygen atoms in total. The summed E-state index contributed by atoms with van der Waals surface area (Å²) < 4.78 is 5.09. The fourth-order valence-corrected chi connectivity index (χ4v) is 1.78. The van der Waals surface area contributed by atoms with Gasteiger partial charge in [-0.25, -0.2) is 0 Å². The molecule has 1 unspecified atom stereocenters. The number of hydrogen-bond donors (Lipinski definition) is 2. The van der Waals surface area contributed by atoms with Gasteiger partial charge < -0.3 is 15.8 Å². The van der Waals surface area contributed by atoms with Crippen molar-refractivity contribution in [2.75, 3.05) is 19.8 Å². The first-order chi connectivity index (χ1) is 9.04. The molecular formula is C15H24N2O2. The zero-order chi connectivity index (χ0) is 14.3. The molecule has 0 saturated heterocycles. The monoisotopic (exact) mass is 264 g/mol. The Balaban J connectivity index is 2.48. The van der Waals surface area contributed by atoms with E-state index in [1.54, 1.807) is 0 Å². The van der Waals surface area contributed by atoms with E-state index < -0.39 is 0 Å². The first kappa shape index (κ1) is 15.7. The van der Waals surface area contributed by atoms with Gasteiger partial charge in [0, 0.05) is 6.54 Å². The largest absolute Gasteiger partial charge is 0.370 e. The Bertz CT molecular complexity index is 388. The number of rotatable bonds is 7. The van der Waals surface area contributed by atoms with Crippen LogP contribution in [0.25, 0.3) is 0 Å². The molecule has 1 rings (SSSR count). The quantitative estimate of drug-likeness (QED) is 0.740. The number of amides is 1. The molecule has 0 saturated carbocycles. The average Bonchev–Trinajstić information content (AvgIpc) is 2.39. The number of carbonyl (C=O) groups excluding carboxylic acids is 1. The Labute approximate surface area is 115 Å². The first-order valence-electron chi connectivity index (χ1n) is 6.71. The van der Waals surface area contributed by atoms with E-state index in [4.69, 9.17) is 10.5 Å². The number of carbonyl (C=O) groups is 1. The Kier molecular flexibility index (Phi) is 6.53. The van der Waals surface area contributed by atoms with E-state index in [2.05, 4.69) is 43.4 Å². The van der Waals surface area contributed by atoms with Gasteiger partial charge in [0.15, 0.2) is 0 Å². The van der Waals surface area contributed by atoms with Crippen LogP contribution in [-0.2, 0) is 9.53 Å². The minimum Gasteiger partial charge on any atom is -0.370 e. The lowest BCUT2D eigenvalue weighted by atomic mass is 9.99. The van der Waals surface area contributed by atoms with Crippen LogP contribution in [0.5, 0.6) is 0 Å². The van der Waals surface area contributed by atoms with Gasteiger partial charge in [0.05, 0.1) is 12.6 Å². The second kappa shape index (κ2) is 7.92. The molecule has 0 aromatic heterocycles. The third-order valence-electron chi connectivity index (χ3n) is 2.98. The number of nitrogens with two attached hydrogens (primary N) is 1. The van der Waals surface area contributed by atoms with E-state index in [9.17, 15) is 4.79 Å². The third kappa shape index (κ3) is 5.41. The highest BCUT2D eigenvalue weighted by molar-refractivity contribution is 5.77. The summed E-state index contributed by atoms with van der Waals surface area (Å²) >= 11 is 0. The maximum Gasteiger partial charge on any atom is 0.246 e. The molecule has 3 N–H and O–H groups in total. The van der Waals surface area contributed by atoms with Crippen molar-refractivity contribution < 1.29 is 9.53 Å². The maximum atomic E-state index is 11.6. The summed E-state index contributed by atoms with van der Waals surface area (Å²) in [7, 11) is 0. The highest BCUT2D eigenvalue weighted by Gasteiger charge is 2.09. The molecule has 0 heterocycles. The molecule has 0 aliphatic carbocycles. The van der Waals surface area contributed by atoms with Gasteiger partial charge in [0.25, 0.3) is 0 Å². The minimum atomic E-state index is -0.117. The Hall–Kier alpha value is -1.39. The zero-order valence-electron chi connectivity index (χ0n) is 12.0. The van der Waals surface area contributed by atoms with Gasteiger partial charge in [-0.15, -0.1) is 0 Å². The molecule has 0 bridgehead atoms. The second-order valence-electron chi connectivity index (χ2n) is 4.95. The highest BCUT2D eigenvalue weighted by Crippen LogP contribution is 2.18. The van der Waals surface area contributed by atoms with Gasteiger partial charge in [0.1, 0.15) is 6.61 Å². The van der Waals surface area contributed by atoms with E-state index in [1.807, 2.05) is 6.92 Å². The van der Waals surface area contributed by atoms with Gasteiger partial charge in [-0.2, -0.15) is 0 Å². The number of ether oxygens (including phenoxy) is 1. The normalized spacial score (nSPS) is 12.5. The van der Waals surface area contributed by atoms with Gasteiger partial charge in [0.2, 0.25) is 5.91 Å². The predicted octanol–water partition coefficient (Wildman–Crippen LogP) is 1.96. The van der Waals surface area contributed by atoms with Crippen molar-refractivity contribution >= 4 is 5.91 Å². The molecule has 0 radical (unpaired) electrons. The topological polar surface area (TPSA) is 64.3 Å². The van der Waals surface area contributed by atoms with Crippen LogP contribution >= 0.6 is 0 Å². The fourth-order valence-electron chi connectivity index (χ4n) is 1.78. The van der Waals surface area contributed by atoms with Crippen molar-refractivity contribution in [1.29, 1.82) is 0 Å². The smallest absolute Gasteiger partial charge is 0.246 e. The van der Waals surface area contributed by atoms with Gasteiger partial charge in [-0.3, -0.25) is 4.79 Å². The van der Waals surface area contributed by atoms with Crippen LogP contribution in [0.1, 0.15) is 43.9 Å². The lowest BCUT2D eigenvalue weighted by molar-refractivity contribution is -0.126. The molecule has 106 valence electrons. The van der Waals surface area contributed by atoms with E-state index in [0.29, 0.717) is 19.1 Å². The van der Waals surface area contributed by atoms with Crippen LogP contribution in [0.15, 0.2) is 24.3 Å². The molecule has 19 heavy (non-hydrogen) atoms. The Morgan fingerprint density at radius 3 is 2.32 bits per heavy atom. The van der Waals surface area contributed by atoms with Gasteiger partial charge in [-0.1, -0.05) is 38.1 Å². The molecule has 0 spiro atoms. The van der Waals surface area contributed by atoms with Crippen molar-refractivity contribution in [2.45, 2.75) is 32.7 Å². The summed E-state index contributed by atoms with van der Waals surface area (Å²) in [5.41, 5.74) is 7.68.